The van der Waals surface area contributed by atoms with Crippen molar-refractivity contribution in [1.29, 1.82) is 0 Å². The summed E-state index contributed by atoms with van der Waals surface area (Å²) in [5.41, 5.74) is 0. The van der Waals surface area contributed by atoms with Crippen LogP contribution in [0.1, 0.15) is 39.5 Å². The fraction of sp³-hybridized carbons (Fsp3) is 0.909. The Labute approximate surface area is 93.1 Å². The molecular formula is C11H22N2S. The van der Waals surface area contributed by atoms with E-state index in [1.54, 1.807) is 0 Å². The van der Waals surface area contributed by atoms with Gasteiger partial charge >= 0.3 is 0 Å². The summed E-state index contributed by atoms with van der Waals surface area (Å²) in [5, 5.41) is 4.27. The molecule has 0 aliphatic heterocycles. The summed E-state index contributed by atoms with van der Waals surface area (Å²) in [6, 6.07) is 0. The van der Waals surface area contributed by atoms with E-state index in [0.29, 0.717) is 0 Å². The van der Waals surface area contributed by atoms with Crippen molar-refractivity contribution in [3.05, 3.63) is 0 Å². The second-order valence-electron chi connectivity index (χ2n) is 4.12. The van der Waals surface area contributed by atoms with Crippen LogP contribution in [0.25, 0.3) is 0 Å². The predicted molar refractivity (Wildman–Crippen MR) is 65.5 cm³/mol. The number of hydrogen-bond acceptors (Lipinski definition) is 1. The maximum absolute atomic E-state index is 5.37. The topological polar surface area (TPSA) is 15.3 Å². The molecule has 1 aliphatic rings. The molecule has 0 unspecified atom stereocenters. The van der Waals surface area contributed by atoms with Gasteiger partial charge in [-0.3, -0.25) is 0 Å². The molecule has 0 aromatic carbocycles. The highest BCUT2D eigenvalue weighted by molar-refractivity contribution is 7.80. The largest absolute Gasteiger partial charge is 0.363 e. The zero-order valence-corrected chi connectivity index (χ0v) is 10.2. The zero-order chi connectivity index (χ0) is 10.4. The summed E-state index contributed by atoms with van der Waals surface area (Å²) in [7, 11) is 0. The smallest absolute Gasteiger partial charge is 0.168 e. The Morgan fingerprint density at radius 3 is 2.57 bits per heavy atom. The molecule has 0 bridgehead atoms. The molecule has 82 valence electrons. The lowest BCUT2D eigenvalue weighted by Gasteiger charge is -2.25. The lowest BCUT2D eigenvalue weighted by molar-refractivity contribution is 0.393. The Hall–Kier alpha value is -0.310. The Bertz CT molecular complexity index is 178. The summed E-state index contributed by atoms with van der Waals surface area (Å²) >= 11 is 5.37. The molecule has 3 heteroatoms. The molecule has 2 nitrogen and oxygen atoms in total. The normalized spacial score (nSPS) is 15.3. The number of nitrogens with zero attached hydrogens (tertiary/aromatic N) is 1. The minimum absolute atomic E-state index is 0.919. The van der Waals surface area contributed by atoms with Gasteiger partial charge in [-0.2, -0.15) is 0 Å². The van der Waals surface area contributed by atoms with E-state index in [9.17, 15) is 0 Å². The van der Waals surface area contributed by atoms with Gasteiger partial charge in [0, 0.05) is 19.6 Å². The van der Waals surface area contributed by atoms with Crippen LogP contribution in [0.2, 0.25) is 0 Å². The van der Waals surface area contributed by atoms with Gasteiger partial charge in [0.2, 0.25) is 0 Å². The second-order valence-corrected chi connectivity index (χ2v) is 4.51. The molecule has 1 fully saturated rings. The maximum atomic E-state index is 5.37. The maximum Gasteiger partial charge on any atom is 0.168 e. The molecule has 1 rings (SSSR count). The van der Waals surface area contributed by atoms with Crippen molar-refractivity contribution in [2.24, 2.45) is 5.92 Å². The molecule has 0 saturated heterocycles. The summed E-state index contributed by atoms with van der Waals surface area (Å²) in [5.74, 6) is 0.919. The number of nitrogens with one attached hydrogen (secondary N) is 1. The highest BCUT2D eigenvalue weighted by Crippen LogP contribution is 2.29. The molecule has 1 saturated carbocycles. The molecule has 14 heavy (non-hydrogen) atoms. The first-order valence-corrected chi connectivity index (χ1v) is 6.21. The van der Waals surface area contributed by atoms with Gasteiger partial charge in [-0.05, 0) is 43.8 Å². The molecule has 0 radical (unpaired) electrons. The van der Waals surface area contributed by atoms with Gasteiger partial charge in [0.25, 0.3) is 0 Å². The van der Waals surface area contributed by atoms with Crippen LogP contribution in [0.4, 0.5) is 0 Å². The van der Waals surface area contributed by atoms with Gasteiger partial charge in [0.1, 0.15) is 0 Å². The molecule has 0 spiro atoms. The average molecular weight is 214 g/mol. The monoisotopic (exact) mass is 214 g/mol. The van der Waals surface area contributed by atoms with Crippen LogP contribution in [0, 0.1) is 5.92 Å². The quantitative estimate of drug-likeness (QED) is 0.684. The van der Waals surface area contributed by atoms with Crippen LogP contribution in [0.15, 0.2) is 0 Å². The fourth-order valence-electron chi connectivity index (χ4n) is 1.50. The van der Waals surface area contributed by atoms with Gasteiger partial charge in [0.05, 0.1) is 0 Å². The van der Waals surface area contributed by atoms with E-state index in [0.717, 1.165) is 30.5 Å². The highest BCUT2D eigenvalue weighted by Gasteiger charge is 2.24. The third-order valence-electron chi connectivity index (χ3n) is 2.48. The van der Waals surface area contributed by atoms with E-state index in [-0.39, 0.29) is 0 Å². The third-order valence-corrected chi connectivity index (χ3v) is 2.89. The van der Waals surface area contributed by atoms with Gasteiger partial charge < -0.3 is 10.2 Å². The van der Waals surface area contributed by atoms with E-state index in [1.807, 2.05) is 0 Å². The average Bonchev–Trinajstić information content (AvgIpc) is 2.97. The molecule has 0 heterocycles. The Morgan fingerprint density at radius 2 is 2.07 bits per heavy atom. The first kappa shape index (κ1) is 11.8. The Kier molecular flexibility index (Phi) is 5.23. The predicted octanol–water partition coefficient (Wildman–Crippen LogP) is 2.39. The van der Waals surface area contributed by atoms with Crippen molar-refractivity contribution in [1.82, 2.24) is 10.2 Å². The van der Waals surface area contributed by atoms with Crippen molar-refractivity contribution >= 4 is 17.3 Å². The highest BCUT2D eigenvalue weighted by atomic mass is 32.1. The number of rotatable bonds is 6. The Balaban J connectivity index is 2.26. The van der Waals surface area contributed by atoms with Crippen LogP contribution in [-0.4, -0.2) is 29.6 Å². The standard InChI is InChI=1S/C11H22N2S/c1-3-7-12-11(14)13(8-4-2)9-10-5-6-10/h10H,3-9H2,1-2H3,(H,12,14). The number of hydrogen-bond donors (Lipinski definition) is 1. The van der Waals surface area contributed by atoms with Crippen molar-refractivity contribution in [3.63, 3.8) is 0 Å². The second kappa shape index (κ2) is 6.23. The summed E-state index contributed by atoms with van der Waals surface area (Å²) in [4.78, 5) is 2.34. The van der Waals surface area contributed by atoms with Crippen molar-refractivity contribution < 1.29 is 0 Å². The molecule has 0 aromatic rings. The van der Waals surface area contributed by atoms with Crippen molar-refractivity contribution in [3.8, 4) is 0 Å². The first-order valence-electron chi connectivity index (χ1n) is 5.80. The van der Waals surface area contributed by atoms with Crippen LogP contribution < -0.4 is 5.32 Å². The summed E-state index contributed by atoms with van der Waals surface area (Å²) < 4.78 is 0. The molecular weight excluding hydrogens is 192 g/mol. The minimum Gasteiger partial charge on any atom is -0.363 e. The van der Waals surface area contributed by atoms with E-state index >= 15 is 0 Å². The number of thiocarbonyl (C=S) groups is 1. The van der Waals surface area contributed by atoms with Crippen LogP contribution in [0.3, 0.4) is 0 Å². The summed E-state index contributed by atoms with van der Waals surface area (Å²) in [6.07, 6.45) is 5.12. The first-order chi connectivity index (χ1) is 6.77. The lowest BCUT2D eigenvalue weighted by Crippen LogP contribution is -2.41. The van der Waals surface area contributed by atoms with E-state index in [1.165, 1.54) is 25.8 Å². The van der Waals surface area contributed by atoms with Crippen LogP contribution >= 0.6 is 12.2 Å². The lowest BCUT2D eigenvalue weighted by atomic mass is 10.3. The summed E-state index contributed by atoms with van der Waals surface area (Å²) in [6.45, 7) is 7.65. The molecule has 0 aromatic heterocycles. The van der Waals surface area contributed by atoms with Gasteiger partial charge in [-0.25, -0.2) is 0 Å². The molecule has 0 atom stereocenters. The molecule has 0 amide bonds. The minimum atomic E-state index is 0.919. The van der Waals surface area contributed by atoms with Gasteiger partial charge in [-0.15, -0.1) is 0 Å². The van der Waals surface area contributed by atoms with Crippen molar-refractivity contribution in [2.45, 2.75) is 39.5 Å². The van der Waals surface area contributed by atoms with E-state index in [2.05, 4.69) is 24.1 Å². The van der Waals surface area contributed by atoms with Gasteiger partial charge in [-0.1, -0.05) is 13.8 Å². The third kappa shape index (κ3) is 4.27. The van der Waals surface area contributed by atoms with E-state index in [4.69, 9.17) is 12.2 Å². The Morgan fingerprint density at radius 1 is 1.36 bits per heavy atom. The van der Waals surface area contributed by atoms with Gasteiger partial charge in [0.15, 0.2) is 5.11 Å². The molecule has 1 N–H and O–H groups in total. The van der Waals surface area contributed by atoms with Crippen LogP contribution in [-0.2, 0) is 0 Å². The fourth-order valence-corrected chi connectivity index (χ4v) is 1.77. The van der Waals surface area contributed by atoms with Crippen molar-refractivity contribution in [2.75, 3.05) is 19.6 Å². The van der Waals surface area contributed by atoms with E-state index < -0.39 is 0 Å². The molecule has 1 aliphatic carbocycles. The zero-order valence-electron chi connectivity index (χ0n) is 9.38. The SMILES string of the molecule is CCCNC(=S)N(CCC)CC1CC1. The van der Waals surface area contributed by atoms with Crippen LogP contribution in [0.5, 0.6) is 0 Å².